The van der Waals surface area contributed by atoms with Gasteiger partial charge in [0.2, 0.25) is 0 Å². The zero-order valence-electron chi connectivity index (χ0n) is 11.3. The van der Waals surface area contributed by atoms with Crippen LogP contribution in [0, 0.1) is 0 Å². The highest BCUT2D eigenvalue weighted by Crippen LogP contribution is 2.31. The largest absolute Gasteiger partial charge is 0.293 e. The van der Waals surface area contributed by atoms with Crippen LogP contribution in [-0.4, -0.2) is 12.8 Å². The molecule has 1 nitrogen and oxygen atoms in total. The lowest BCUT2D eigenvalue weighted by atomic mass is 9.91. The maximum atomic E-state index is 4.52. The van der Waals surface area contributed by atoms with Crippen LogP contribution < -0.4 is 0 Å². The summed E-state index contributed by atoms with van der Waals surface area (Å²) in [5.74, 6) is 0.429. The Morgan fingerprint density at radius 1 is 1.28 bits per heavy atom. The van der Waals surface area contributed by atoms with Gasteiger partial charge in [-0.3, -0.25) is 4.99 Å². The quantitative estimate of drug-likeness (QED) is 0.529. The molecule has 1 aliphatic carbocycles. The first kappa shape index (κ1) is 12.8. The van der Waals surface area contributed by atoms with Gasteiger partial charge in [0.25, 0.3) is 0 Å². The molecular formula is C17H21N. The van der Waals surface area contributed by atoms with Crippen LogP contribution in [0.3, 0.4) is 0 Å². The van der Waals surface area contributed by atoms with E-state index in [1.165, 1.54) is 29.5 Å². The summed E-state index contributed by atoms with van der Waals surface area (Å²) in [5, 5.41) is 0. The predicted molar refractivity (Wildman–Crippen MR) is 79.4 cm³/mol. The van der Waals surface area contributed by atoms with Crippen LogP contribution in [0.1, 0.15) is 43.7 Å². The zero-order chi connectivity index (χ0) is 12.8. The third-order valence-corrected chi connectivity index (χ3v) is 3.36. The minimum atomic E-state index is 0.429. The molecule has 0 saturated heterocycles. The van der Waals surface area contributed by atoms with Crippen molar-refractivity contribution in [2.45, 2.75) is 32.6 Å². The van der Waals surface area contributed by atoms with Crippen LogP contribution in [0.5, 0.6) is 0 Å². The minimum absolute atomic E-state index is 0.429. The molecule has 0 bridgehead atoms. The predicted octanol–water partition coefficient (Wildman–Crippen LogP) is 4.51. The number of rotatable bonds is 5. The van der Waals surface area contributed by atoms with Crippen LogP contribution in [0.15, 0.2) is 53.1 Å². The number of allylic oxidation sites excluding steroid dienone is 4. The molecule has 0 spiro atoms. The second-order valence-corrected chi connectivity index (χ2v) is 4.79. The molecule has 0 radical (unpaired) electrons. The average molecular weight is 239 g/mol. The Labute approximate surface area is 110 Å². The molecule has 1 unspecified atom stereocenters. The van der Waals surface area contributed by atoms with E-state index in [2.05, 4.69) is 61.3 Å². The highest BCUT2D eigenvalue weighted by atomic mass is 14.7. The summed E-state index contributed by atoms with van der Waals surface area (Å²) in [7, 11) is 0. The Morgan fingerprint density at radius 3 is 2.83 bits per heavy atom. The Bertz CT molecular complexity index is 480. The third-order valence-electron chi connectivity index (χ3n) is 3.36. The summed E-state index contributed by atoms with van der Waals surface area (Å²) in [6.45, 7) is 5.32. The van der Waals surface area contributed by atoms with Crippen molar-refractivity contribution in [3.05, 3.63) is 59.2 Å². The van der Waals surface area contributed by atoms with Crippen molar-refractivity contribution in [1.29, 1.82) is 0 Å². The lowest BCUT2D eigenvalue weighted by Crippen LogP contribution is -1.99. The Balaban J connectivity index is 2.18. The summed E-state index contributed by atoms with van der Waals surface area (Å²) in [4.78, 5) is 4.52. The standard InChI is InChI=1S/C17H21N/c1-3-4-12-18-13-15-9-5-6-10-17(15)16-11-7-8-14(16)2/h5-11,13,16H,3-4,12H2,1-2H3. The van der Waals surface area contributed by atoms with Gasteiger partial charge >= 0.3 is 0 Å². The fourth-order valence-electron chi connectivity index (χ4n) is 2.25. The molecule has 0 amide bonds. The van der Waals surface area contributed by atoms with Crippen molar-refractivity contribution in [3.63, 3.8) is 0 Å². The zero-order valence-corrected chi connectivity index (χ0v) is 11.3. The molecule has 1 aromatic carbocycles. The van der Waals surface area contributed by atoms with Crippen molar-refractivity contribution >= 4 is 6.21 Å². The first-order chi connectivity index (χ1) is 8.83. The summed E-state index contributed by atoms with van der Waals surface area (Å²) >= 11 is 0. The molecule has 0 N–H and O–H groups in total. The molecule has 1 aliphatic rings. The molecule has 0 fully saturated rings. The fourth-order valence-corrected chi connectivity index (χ4v) is 2.25. The van der Waals surface area contributed by atoms with Crippen molar-refractivity contribution < 1.29 is 0 Å². The second kappa shape index (κ2) is 6.34. The van der Waals surface area contributed by atoms with E-state index in [0.717, 1.165) is 6.54 Å². The van der Waals surface area contributed by atoms with E-state index in [1.807, 2.05) is 6.21 Å². The maximum Gasteiger partial charge on any atom is 0.0389 e. The van der Waals surface area contributed by atoms with Gasteiger partial charge in [0.15, 0.2) is 0 Å². The lowest BCUT2D eigenvalue weighted by Gasteiger charge is -2.13. The first-order valence-electron chi connectivity index (χ1n) is 6.76. The van der Waals surface area contributed by atoms with E-state index in [1.54, 1.807) is 0 Å². The summed E-state index contributed by atoms with van der Waals surface area (Å²) in [6, 6.07) is 8.56. The van der Waals surface area contributed by atoms with Crippen LogP contribution in [0.25, 0.3) is 0 Å². The summed E-state index contributed by atoms with van der Waals surface area (Å²) in [6.07, 6.45) is 11.0. The minimum Gasteiger partial charge on any atom is -0.293 e. The topological polar surface area (TPSA) is 12.4 Å². The molecule has 1 heteroatoms. The van der Waals surface area contributed by atoms with Crippen LogP contribution in [-0.2, 0) is 0 Å². The molecule has 94 valence electrons. The van der Waals surface area contributed by atoms with Gasteiger partial charge in [-0.2, -0.15) is 0 Å². The monoisotopic (exact) mass is 239 g/mol. The fraction of sp³-hybridized carbons (Fsp3) is 0.353. The van der Waals surface area contributed by atoms with Crippen LogP contribution in [0.4, 0.5) is 0 Å². The molecule has 0 aliphatic heterocycles. The molecule has 1 aromatic rings. The Morgan fingerprint density at radius 2 is 2.11 bits per heavy atom. The third kappa shape index (κ3) is 2.98. The van der Waals surface area contributed by atoms with Gasteiger partial charge in [0.05, 0.1) is 0 Å². The van der Waals surface area contributed by atoms with Gasteiger partial charge in [-0.25, -0.2) is 0 Å². The molecule has 2 rings (SSSR count). The number of hydrogen-bond donors (Lipinski definition) is 0. The van der Waals surface area contributed by atoms with E-state index in [0.29, 0.717) is 5.92 Å². The van der Waals surface area contributed by atoms with E-state index >= 15 is 0 Å². The molecule has 0 saturated carbocycles. The van der Waals surface area contributed by atoms with Gasteiger partial charge in [0, 0.05) is 18.7 Å². The van der Waals surface area contributed by atoms with Crippen molar-refractivity contribution in [3.8, 4) is 0 Å². The Hall–Kier alpha value is -1.63. The van der Waals surface area contributed by atoms with E-state index < -0.39 is 0 Å². The SMILES string of the molecule is CCCCN=Cc1ccccc1C1C=CC=C1C. The number of benzene rings is 1. The smallest absolute Gasteiger partial charge is 0.0389 e. The van der Waals surface area contributed by atoms with Gasteiger partial charge in [-0.15, -0.1) is 0 Å². The summed E-state index contributed by atoms with van der Waals surface area (Å²) < 4.78 is 0. The Kier molecular flexibility index (Phi) is 4.52. The van der Waals surface area contributed by atoms with Crippen molar-refractivity contribution in [2.75, 3.05) is 6.54 Å². The van der Waals surface area contributed by atoms with Gasteiger partial charge in [-0.05, 0) is 24.5 Å². The second-order valence-electron chi connectivity index (χ2n) is 4.79. The van der Waals surface area contributed by atoms with Crippen LogP contribution >= 0.6 is 0 Å². The molecule has 0 heterocycles. The molecule has 0 aromatic heterocycles. The summed E-state index contributed by atoms with van der Waals surface area (Å²) in [5.41, 5.74) is 4.02. The van der Waals surface area contributed by atoms with E-state index in [4.69, 9.17) is 0 Å². The van der Waals surface area contributed by atoms with Crippen molar-refractivity contribution in [2.24, 2.45) is 4.99 Å². The number of nitrogens with zero attached hydrogens (tertiary/aromatic N) is 1. The number of aliphatic imine (C=N–C) groups is 1. The van der Waals surface area contributed by atoms with Gasteiger partial charge < -0.3 is 0 Å². The van der Waals surface area contributed by atoms with Crippen LogP contribution in [0.2, 0.25) is 0 Å². The number of hydrogen-bond acceptors (Lipinski definition) is 1. The number of unbranched alkanes of at least 4 members (excludes halogenated alkanes) is 1. The van der Waals surface area contributed by atoms with Crippen molar-refractivity contribution in [1.82, 2.24) is 0 Å². The normalized spacial score (nSPS) is 18.6. The van der Waals surface area contributed by atoms with E-state index in [9.17, 15) is 0 Å². The highest BCUT2D eigenvalue weighted by molar-refractivity contribution is 5.82. The van der Waals surface area contributed by atoms with Gasteiger partial charge in [0.1, 0.15) is 0 Å². The van der Waals surface area contributed by atoms with Gasteiger partial charge in [-0.1, -0.05) is 61.4 Å². The first-order valence-corrected chi connectivity index (χ1v) is 6.76. The highest BCUT2D eigenvalue weighted by Gasteiger charge is 2.15. The molecular weight excluding hydrogens is 218 g/mol. The molecule has 18 heavy (non-hydrogen) atoms. The average Bonchev–Trinajstić information content (AvgIpc) is 2.81. The molecule has 1 atom stereocenters. The lowest BCUT2D eigenvalue weighted by molar-refractivity contribution is 0.810. The maximum absolute atomic E-state index is 4.52. The van der Waals surface area contributed by atoms with E-state index in [-0.39, 0.29) is 0 Å².